The van der Waals surface area contributed by atoms with E-state index in [9.17, 15) is 9.59 Å². The predicted molar refractivity (Wildman–Crippen MR) is 39.6 cm³/mol. The minimum Gasteiger partial charge on any atom is -0.334 e. The summed E-state index contributed by atoms with van der Waals surface area (Å²) in [5, 5.41) is 0. The van der Waals surface area contributed by atoms with Crippen LogP contribution in [0.15, 0.2) is 0 Å². The topological polar surface area (TPSA) is 37.4 Å². The van der Waals surface area contributed by atoms with E-state index in [1.807, 2.05) is 0 Å². The fourth-order valence-electron chi connectivity index (χ4n) is 0.831. The first-order chi connectivity index (χ1) is 4.84. The Hall–Kier alpha value is -0.510. The van der Waals surface area contributed by atoms with E-state index in [0.29, 0.717) is 13.1 Å². The van der Waals surface area contributed by atoms with Crippen LogP contribution in [0, 0.1) is 0 Å². The molecule has 0 aromatic heterocycles. The molecule has 1 fully saturated rings. The van der Waals surface area contributed by atoms with Crippen LogP contribution in [0.2, 0.25) is 0 Å². The maximum atomic E-state index is 10.7. The van der Waals surface area contributed by atoms with E-state index in [1.165, 1.54) is 11.2 Å². The largest absolute Gasteiger partial charge is 0.334 e. The van der Waals surface area contributed by atoms with Crippen molar-refractivity contribution in [1.82, 2.24) is 4.90 Å². The van der Waals surface area contributed by atoms with Crippen molar-refractivity contribution in [3.63, 3.8) is 0 Å². The van der Waals surface area contributed by atoms with Gasteiger partial charge in [-0.1, -0.05) is 0 Å². The van der Waals surface area contributed by atoms with Gasteiger partial charge in [0.1, 0.15) is 0 Å². The average molecular weight is 158 g/mol. The molecule has 0 unspecified atom stereocenters. The van der Waals surface area contributed by atoms with Gasteiger partial charge in [-0.25, -0.2) is 0 Å². The Kier molecular flexibility index (Phi) is 2.74. The summed E-state index contributed by atoms with van der Waals surface area (Å²) < 4.78 is 0. The Balaban J connectivity index is 2.38. The van der Waals surface area contributed by atoms with Crippen LogP contribution in [0.25, 0.3) is 0 Å². The number of nitrogens with zero attached hydrogens (tertiary/aromatic N) is 1. The molecule has 0 bridgehead atoms. The third kappa shape index (κ3) is 1.73. The summed E-state index contributed by atoms with van der Waals surface area (Å²) in [6.07, 6.45) is 1.36. The molecule has 0 saturated carbocycles. The molecule has 55 valence electrons. The van der Waals surface area contributed by atoms with Gasteiger partial charge < -0.3 is 4.90 Å². The highest BCUT2D eigenvalue weighted by molar-refractivity contribution is 7.99. The van der Waals surface area contributed by atoms with Gasteiger partial charge in [0.05, 0.1) is 0 Å². The number of thioether (sulfide) groups is 1. The molecule has 1 saturated heterocycles. The Bertz CT molecular complexity index is 143. The van der Waals surface area contributed by atoms with Crippen LogP contribution in [0.4, 0.5) is 0 Å². The standard InChI is InChI=1S/C6H8NO2S/c8-5-6(9)7-1-3-10-4-2-7/h1-4H2. The van der Waals surface area contributed by atoms with E-state index in [1.54, 1.807) is 11.8 Å². The summed E-state index contributed by atoms with van der Waals surface area (Å²) >= 11 is 1.80. The summed E-state index contributed by atoms with van der Waals surface area (Å²) in [7, 11) is 0. The van der Waals surface area contributed by atoms with Gasteiger partial charge in [0.2, 0.25) is 0 Å². The van der Waals surface area contributed by atoms with E-state index in [0.717, 1.165) is 11.5 Å². The van der Waals surface area contributed by atoms with Gasteiger partial charge in [0.15, 0.2) is 0 Å². The molecule has 1 radical (unpaired) electrons. The first-order valence-corrected chi connectivity index (χ1v) is 4.25. The average Bonchev–Trinajstić information content (AvgIpc) is 2.05. The van der Waals surface area contributed by atoms with Crippen LogP contribution in [0.3, 0.4) is 0 Å². The maximum absolute atomic E-state index is 10.7. The lowest BCUT2D eigenvalue weighted by atomic mass is 10.5. The molecule has 1 rings (SSSR count). The van der Waals surface area contributed by atoms with Gasteiger partial charge in [0.25, 0.3) is 12.2 Å². The SMILES string of the molecule is O=[C]C(=O)N1CCSCC1. The molecule has 0 N–H and O–H groups in total. The molecule has 3 nitrogen and oxygen atoms in total. The Morgan fingerprint density at radius 2 is 2.00 bits per heavy atom. The van der Waals surface area contributed by atoms with E-state index in [-0.39, 0.29) is 0 Å². The molecule has 0 aromatic carbocycles. The zero-order valence-electron chi connectivity index (χ0n) is 5.50. The molecule has 0 aliphatic carbocycles. The van der Waals surface area contributed by atoms with E-state index < -0.39 is 5.91 Å². The predicted octanol–water partition coefficient (Wildman–Crippen LogP) is -0.329. The third-order valence-corrected chi connectivity index (χ3v) is 2.33. The van der Waals surface area contributed by atoms with Crippen LogP contribution in [0.1, 0.15) is 0 Å². The summed E-state index contributed by atoms with van der Waals surface area (Å²) in [5.74, 6) is 1.38. The lowest BCUT2D eigenvalue weighted by Gasteiger charge is -2.23. The second kappa shape index (κ2) is 3.61. The van der Waals surface area contributed by atoms with Crippen molar-refractivity contribution < 1.29 is 9.59 Å². The Morgan fingerprint density at radius 3 is 2.50 bits per heavy atom. The lowest BCUT2D eigenvalue weighted by molar-refractivity contribution is -0.123. The van der Waals surface area contributed by atoms with Crippen molar-refractivity contribution in [2.75, 3.05) is 24.6 Å². The highest BCUT2D eigenvalue weighted by Crippen LogP contribution is 2.07. The molecule has 4 heteroatoms. The monoisotopic (exact) mass is 158 g/mol. The summed E-state index contributed by atoms with van der Waals surface area (Å²) in [6, 6.07) is 0. The smallest absolute Gasteiger partial charge is 0.298 e. The molecule has 1 aliphatic heterocycles. The van der Waals surface area contributed by atoms with Gasteiger partial charge in [-0.05, 0) is 0 Å². The van der Waals surface area contributed by atoms with Crippen molar-refractivity contribution in [2.24, 2.45) is 0 Å². The lowest BCUT2D eigenvalue weighted by Crippen LogP contribution is -2.38. The minimum atomic E-state index is -0.500. The molecular weight excluding hydrogens is 150 g/mol. The van der Waals surface area contributed by atoms with Crippen molar-refractivity contribution in [3.05, 3.63) is 0 Å². The molecule has 1 amide bonds. The van der Waals surface area contributed by atoms with E-state index in [4.69, 9.17) is 0 Å². The van der Waals surface area contributed by atoms with Crippen LogP contribution >= 0.6 is 11.8 Å². The maximum Gasteiger partial charge on any atom is 0.298 e. The number of carbonyl (C=O) groups is 1. The zero-order chi connectivity index (χ0) is 7.40. The molecule has 1 aliphatic rings. The highest BCUT2D eigenvalue weighted by atomic mass is 32.2. The van der Waals surface area contributed by atoms with Gasteiger partial charge >= 0.3 is 0 Å². The fourth-order valence-corrected chi connectivity index (χ4v) is 1.73. The van der Waals surface area contributed by atoms with Crippen molar-refractivity contribution in [1.29, 1.82) is 0 Å². The normalized spacial score (nSPS) is 18.6. The molecule has 10 heavy (non-hydrogen) atoms. The number of hydrogen-bond donors (Lipinski definition) is 0. The molecule has 0 atom stereocenters. The van der Waals surface area contributed by atoms with Gasteiger partial charge in [-0.3, -0.25) is 9.59 Å². The van der Waals surface area contributed by atoms with Gasteiger partial charge in [-0.2, -0.15) is 11.8 Å². The summed E-state index contributed by atoms with van der Waals surface area (Å²) in [6.45, 7) is 1.39. The summed E-state index contributed by atoms with van der Waals surface area (Å²) in [5.41, 5.74) is 0. The minimum absolute atomic E-state index is 0.500. The third-order valence-electron chi connectivity index (χ3n) is 1.39. The Labute approximate surface area is 63.8 Å². The molecule has 0 spiro atoms. The van der Waals surface area contributed by atoms with Crippen molar-refractivity contribution in [3.8, 4) is 0 Å². The summed E-state index contributed by atoms with van der Waals surface area (Å²) in [4.78, 5) is 22.1. The first kappa shape index (κ1) is 7.60. The van der Waals surface area contributed by atoms with Crippen LogP contribution in [-0.2, 0) is 9.59 Å². The fraction of sp³-hybridized carbons (Fsp3) is 0.667. The van der Waals surface area contributed by atoms with Crippen molar-refractivity contribution >= 4 is 24.0 Å². The molecular formula is C6H8NO2S. The highest BCUT2D eigenvalue weighted by Gasteiger charge is 2.15. The quantitative estimate of drug-likeness (QED) is 0.490. The van der Waals surface area contributed by atoms with E-state index >= 15 is 0 Å². The van der Waals surface area contributed by atoms with Crippen LogP contribution in [0.5, 0.6) is 0 Å². The number of carbonyl (C=O) groups excluding carboxylic acids is 2. The van der Waals surface area contributed by atoms with Crippen molar-refractivity contribution in [2.45, 2.75) is 0 Å². The number of hydrogen-bond acceptors (Lipinski definition) is 3. The second-order valence-corrected chi connectivity index (χ2v) is 3.23. The van der Waals surface area contributed by atoms with Crippen LogP contribution < -0.4 is 0 Å². The van der Waals surface area contributed by atoms with Gasteiger partial charge in [-0.15, -0.1) is 0 Å². The second-order valence-electron chi connectivity index (χ2n) is 2.01. The molecule has 0 aromatic rings. The number of rotatable bonds is 1. The molecule has 1 heterocycles. The number of amides is 1. The Morgan fingerprint density at radius 1 is 1.40 bits per heavy atom. The van der Waals surface area contributed by atoms with Crippen LogP contribution in [-0.4, -0.2) is 41.7 Å². The van der Waals surface area contributed by atoms with Gasteiger partial charge in [0, 0.05) is 24.6 Å². The first-order valence-electron chi connectivity index (χ1n) is 3.09. The van der Waals surface area contributed by atoms with E-state index in [2.05, 4.69) is 0 Å². The zero-order valence-corrected chi connectivity index (χ0v) is 6.32.